The van der Waals surface area contributed by atoms with E-state index >= 15 is 0 Å². The lowest BCUT2D eigenvalue weighted by Gasteiger charge is -2.10. The SMILES string of the molecule is O=[N+]([O-])c1ccc(Nn2cccc2)c2cnccc12. The van der Waals surface area contributed by atoms with E-state index in [-0.39, 0.29) is 10.6 Å². The number of rotatable bonds is 3. The van der Waals surface area contributed by atoms with Crippen LogP contribution < -0.4 is 5.43 Å². The Balaban J connectivity index is 2.16. The first-order chi connectivity index (χ1) is 9.25. The molecule has 0 bridgehead atoms. The number of hydrogen-bond donors (Lipinski definition) is 1. The van der Waals surface area contributed by atoms with Crippen LogP contribution in [0, 0.1) is 10.1 Å². The van der Waals surface area contributed by atoms with E-state index in [1.807, 2.05) is 24.5 Å². The molecule has 0 unspecified atom stereocenters. The van der Waals surface area contributed by atoms with Crippen molar-refractivity contribution in [3.05, 3.63) is 65.2 Å². The molecule has 6 nitrogen and oxygen atoms in total. The Morgan fingerprint density at radius 3 is 2.68 bits per heavy atom. The second kappa shape index (κ2) is 4.41. The van der Waals surface area contributed by atoms with Gasteiger partial charge in [-0.15, -0.1) is 0 Å². The number of anilines is 1. The van der Waals surface area contributed by atoms with Crippen LogP contribution in [0.3, 0.4) is 0 Å². The van der Waals surface area contributed by atoms with Crippen LogP contribution in [0.2, 0.25) is 0 Å². The lowest BCUT2D eigenvalue weighted by atomic mass is 10.1. The van der Waals surface area contributed by atoms with Crippen molar-refractivity contribution in [2.24, 2.45) is 0 Å². The first kappa shape index (κ1) is 11.2. The summed E-state index contributed by atoms with van der Waals surface area (Å²) in [7, 11) is 0. The van der Waals surface area contributed by atoms with Gasteiger partial charge in [-0.2, -0.15) is 0 Å². The fourth-order valence-electron chi connectivity index (χ4n) is 1.98. The monoisotopic (exact) mass is 254 g/mol. The number of nitro groups is 1. The molecule has 6 heteroatoms. The van der Waals surface area contributed by atoms with Crippen molar-refractivity contribution in [2.45, 2.75) is 0 Å². The van der Waals surface area contributed by atoms with Gasteiger partial charge >= 0.3 is 0 Å². The van der Waals surface area contributed by atoms with Crippen molar-refractivity contribution in [2.75, 3.05) is 5.43 Å². The molecular formula is C13H10N4O2. The summed E-state index contributed by atoms with van der Waals surface area (Å²) in [6.07, 6.45) is 6.87. The van der Waals surface area contributed by atoms with Gasteiger partial charge in [-0.25, -0.2) is 0 Å². The van der Waals surface area contributed by atoms with Gasteiger partial charge in [0, 0.05) is 36.2 Å². The molecule has 0 fully saturated rings. The van der Waals surface area contributed by atoms with E-state index in [0.717, 1.165) is 5.69 Å². The molecule has 1 N–H and O–H groups in total. The third-order valence-electron chi connectivity index (χ3n) is 2.85. The summed E-state index contributed by atoms with van der Waals surface area (Å²) in [6, 6.07) is 8.60. The minimum atomic E-state index is -0.387. The van der Waals surface area contributed by atoms with Gasteiger partial charge in [0.25, 0.3) is 5.69 Å². The van der Waals surface area contributed by atoms with Crippen LogP contribution >= 0.6 is 0 Å². The smallest absolute Gasteiger partial charge is 0.277 e. The number of hydrogen-bond acceptors (Lipinski definition) is 4. The Labute approximate surface area is 108 Å². The van der Waals surface area contributed by atoms with Gasteiger partial charge in [0.2, 0.25) is 0 Å². The molecule has 0 amide bonds. The Kier molecular flexibility index (Phi) is 2.60. The molecule has 0 atom stereocenters. The zero-order valence-corrected chi connectivity index (χ0v) is 9.85. The Hall–Kier alpha value is -2.89. The fraction of sp³-hybridized carbons (Fsp3) is 0. The highest BCUT2D eigenvalue weighted by atomic mass is 16.6. The summed E-state index contributed by atoms with van der Waals surface area (Å²) in [5.41, 5.74) is 3.99. The van der Waals surface area contributed by atoms with E-state index in [1.54, 1.807) is 29.2 Å². The predicted octanol–water partition coefficient (Wildman–Crippen LogP) is 2.82. The summed E-state index contributed by atoms with van der Waals surface area (Å²) >= 11 is 0. The number of pyridine rings is 1. The topological polar surface area (TPSA) is 73.0 Å². The molecule has 0 saturated carbocycles. The van der Waals surface area contributed by atoms with E-state index in [9.17, 15) is 10.1 Å². The first-order valence-corrected chi connectivity index (χ1v) is 5.67. The molecule has 2 heterocycles. The Bertz CT molecular complexity index is 737. The largest absolute Gasteiger partial charge is 0.294 e. The highest BCUT2D eigenvalue weighted by molar-refractivity contribution is 5.99. The number of nitrogens with one attached hydrogen (secondary N) is 1. The zero-order valence-electron chi connectivity index (χ0n) is 9.85. The second-order valence-corrected chi connectivity index (χ2v) is 4.01. The standard InChI is InChI=1S/C13H10N4O2/c18-17(19)13-4-3-12(15-16-7-1-2-8-16)11-9-14-6-5-10(11)13/h1-9,15H. The fourth-order valence-corrected chi connectivity index (χ4v) is 1.98. The molecule has 2 aromatic heterocycles. The van der Waals surface area contributed by atoms with Crippen molar-refractivity contribution >= 4 is 22.1 Å². The molecule has 19 heavy (non-hydrogen) atoms. The third kappa shape index (κ3) is 1.99. The highest BCUT2D eigenvalue weighted by Crippen LogP contribution is 2.30. The number of nitro benzene ring substituents is 1. The number of benzene rings is 1. The van der Waals surface area contributed by atoms with Crippen LogP contribution in [0.5, 0.6) is 0 Å². The average Bonchev–Trinajstić information content (AvgIpc) is 2.91. The Morgan fingerprint density at radius 2 is 1.95 bits per heavy atom. The van der Waals surface area contributed by atoms with Crippen LogP contribution in [-0.2, 0) is 0 Å². The molecular weight excluding hydrogens is 244 g/mol. The summed E-state index contributed by atoms with van der Waals surface area (Å²) < 4.78 is 1.77. The van der Waals surface area contributed by atoms with Crippen molar-refractivity contribution in [1.82, 2.24) is 9.66 Å². The lowest BCUT2D eigenvalue weighted by Crippen LogP contribution is -2.06. The van der Waals surface area contributed by atoms with E-state index < -0.39 is 0 Å². The highest BCUT2D eigenvalue weighted by Gasteiger charge is 2.14. The van der Waals surface area contributed by atoms with Crippen LogP contribution in [-0.4, -0.2) is 14.6 Å². The van der Waals surface area contributed by atoms with Gasteiger partial charge in [-0.05, 0) is 24.3 Å². The van der Waals surface area contributed by atoms with Gasteiger partial charge in [0.05, 0.1) is 16.0 Å². The summed E-state index contributed by atoms with van der Waals surface area (Å²) in [4.78, 5) is 14.6. The van der Waals surface area contributed by atoms with Crippen molar-refractivity contribution in [3.8, 4) is 0 Å². The first-order valence-electron chi connectivity index (χ1n) is 5.67. The minimum absolute atomic E-state index is 0.0791. The molecule has 1 aromatic carbocycles. The molecule has 0 aliphatic rings. The van der Waals surface area contributed by atoms with Gasteiger partial charge in [0.15, 0.2) is 0 Å². The van der Waals surface area contributed by atoms with Gasteiger partial charge < -0.3 is 0 Å². The van der Waals surface area contributed by atoms with E-state index in [2.05, 4.69) is 10.4 Å². The molecule has 94 valence electrons. The van der Waals surface area contributed by atoms with Crippen LogP contribution in [0.4, 0.5) is 11.4 Å². The van der Waals surface area contributed by atoms with E-state index in [0.29, 0.717) is 10.8 Å². The number of aromatic nitrogens is 2. The number of nitrogens with zero attached hydrogens (tertiary/aromatic N) is 3. The maximum absolute atomic E-state index is 11.0. The van der Waals surface area contributed by atoms with Gasteiger partial charge in [-0.3, -0.25) is 25.2 Å². The third-order valence-corrected chi connectivity index (χ3v) is 2.85. The molecule has 0 saturated heterocycles. The summed E-state index contributed by atoms with van der Waals surface area (Å²) in [6.45, 7) is 0. The maximum atomic E-state index is 11.0. The molecule has 3 aromatic rings. The summed E-state index contributed by atoms with van der Waals surface area (Å²) in [5.74, 6) is 0. The van der Waals surface area contributed by atoms with E-state index in [4.69, 9.17) is 0 Å². The summed E-state index contributed by atoms with van der Waals surface area (Å²) in [5, 5.41) is 12.3. The molecule has 0 aliphatic heterocycles. The predicted molar refractivity (Wildman–Crippen MR) is 71.9 cm³/mol. The van der Waals surface area contributed by atoms with Crippen molar-refractivity contribution < 1.29 is 4.92 Å². The molecule has 0 spiro atoms. The Morgan fingerprint density at radius 1 is 1.16 bits per heavy atom. The number of non-ortho nitro benzene ring substituents is 1. The van der Waals surface area contributed by atoms with Gasteiger partial charge in [0.1, 0.15) is 0 Å². The molecule has 0 radical (unpaired) electrons. The average molecular weight is 254 g/mol. The lowest BCUT2D eigenvalue weighted by molar-refractivity contribution is -0.383. The maximum Gasteiger partial charge on any atom is 0.277 e. The van der Waals surface area contributed by atoms with Crippen LogP contribution in [0.15, 0.2) is 55.1 Å². The molecule has 0 aliphatic carbocycles. The molecule has 3 rings (SSSR count). The van der Waals surface area contributed by atoms with E-state index in [1.165, 1.54) is 6.07 Å². The normalized spacial score (nSPS) is 10.5. The second-order valence-electron chi connectivity index (χ2n) is 4.01. The quantitative estimate of drug-likeness (QED) is 0.576. The van der Waals surface area contributed by atoms with Crippen LogP contribution in [0.25, 0.3) is 10.8 Å². The number of fused-ring (bicyclic) bond motifs is 1. The zero-order chi connectivity index (χ0) is 13.2. The minimum Gasteiger partial charge on any atom is -0.294 e. The van der Waals surface area contributed by atoms with Gasteiger partial charge in [-0.1, -0.05) is 0 Å². The van der Waals surface area contributed by atoms with Crippen molar-refractivity contribution in [1.29, 1.82) is 0 Å². The van der Waals surface area contributed by atoms with Crippen LogP contribution in [0.1, 0.15) is 0 Å². The van der Waals surface area contributed by atoms with Crippen molar-refractivity contribution in [3.63, 3.8) is 0 Å².